The van der Waals surface area contributed by atoms with E-state index in [0.29, 0.717) is 12.6 Å². The smallest absolute Gasteiger partial charge is 0.239 e. The Balaban J connectivity index is 2.26. The van der Waals surface area contributed by atoms with Gasteiger partial charge in [0.05, 0.1) is 6.54 Å². The topological polar surface area (TPSA) is 61.4 Å². The predicted molar refractivity (Wildman–Crippen MR) is 66.5 cm³/mol. The fraction of sp³-hybridized carbons (Fsp3) is 0.833. The fourth-order valence-electron chi connectivity index (χ4n) is 1.62. The van der Waals surface area contributed by atoms with Crippen molar-refractivity contribution in [1.29, 1.82) is 0 Å². The van der Waals surface area contributed by atoms with Gasteiger partial charge in [-0.25, -0.2) is 0 Å². The molecular formula is C12H23N3O2. The van der Waals surface area contributed by atoms with Crippen LogP contribution in [0, 0.1) is 5.92 Å². The van der Waals surface area contributed by atoms with E-state index in [1.807, 2.05) is 13.8 Å². The summed E-state index contributed by atoms with van der Waals surface area (Å²) in [6.45, 7) is 5.55. The number of amides is 2. The normalized spacial score (nSPS) is 16.4. The van der Waals surface area contributed by atoms with E-state index in [4.69, 9.17) is 0 Å². The van der Waals surface area contributed by atoms with Crippen LogP contribution in [0.3, 0.4) is 0 Å². The molecule has 0 aromatic carbocycles. The summed E-state index contributed by atoms with van der Waals surface area (Å²) in [6, 6.07) is 0.352. The summed E-state index contributed by atoms with van der Waals surface area (Å²) in [5.41, 5.74) is 0. The van der Waals surface area contributed by atoms with E-state index in [1.54, 1.807) is 7.05 Å². The molecule has 0 heterocycles. The van der Waals surface area contributed by atoms with Gasteiger partial charge < -0.3 is 15.5 Å². The highest BCUT2D eigenvalue weighted by molar-refractivity contribution is 5.85. The Hall–Kier alpha value is -1.10. The lowest BCUT2D eigenvalue weighted by atomic mass is 10.1. The first-order valence-electron chi connectivity index (χ1n) is 6.29. The van der Waals surface area contributed by atoms with Crippen molar-refractivity contribution in [1.82, 2.24) is 15.5 Å². The van der Waals surface area contributed by atoms with Gasteiger partial charge in [0, 0.05) is 25.6 Å². The first-order chi connectivity index (χ1) is 8.04. The van der Waals surface area contributed by atoms with Crippen LogP contribution in [0.2, 0.25) is 0 Å². The Morgan fingerprint density at radius 2 is 2.06 bits per heavy atom. The van der Waals surface area contributed by atoms with E-state index in [-0.39, 0.29) is 24.3 Å². The fourth-order valence-corrected chi connectivity index (χ4v) is 1.62. The van der Waals surface area contributed by atoms with E-state index in [0.717, 1.165) is 19.4 Å². The number of carbonyl (C=O) groups excluding carboxylic acids is 2. The van der Waals surface area contributed by atoms with Gasteiger partial charge in [0.15, 0.2) is 0 Å². The third kappa shape index (κ3) is 5.17. The maximum atomic E-state index is 11.9. The minimum Gasteiger partial charge on any atom is -0.352 e. The van der Waals surface area contributed by atoms with E-state index in [9.17, 15) is 9.59 Å². The zero-order chi connectivity index (χ0) is 12.8. The average molecular weight is 241 g/mol. The van der Waals surface area contributed by atoms with Gasteiger partial charge in [0.2, 0.25) is 11.8 Å². The molecule has 5 heteroatoms. The van der Waals surface area contributed by atoms with E-state index in [2.05, 4.69) is 10.6 Å². The summed E-state index contributed by atoms with van der Waals surface area (Å²) in [7, 11) is 1.68. The Morgan fingerprint density at radius 3 is 2.59 bits per heavy atom. The molecule has 0 aromatic rings. The lowest BCUT2D eigenvalue weighted by Crippen LogP contribution is -2.43. The molecule has 0 aromatic heterocycles. The van der Waals surface area contributed by atoms with Gasteiger partial charge in [-0.2, -0.15) is 0 Å². The predicted octanol–water partition coefficient (Wildman–Crippen LogP) is -0.0310. The summed E-state index contributed by atoms with van der Waals surface area (Å²) in [5, 5.41) is 6.00. The first-order valence-corrected chi connectivity index (χ1v) is 6.29. The molecule has 17 heavy (non-hydrogen) atoms. The van der Waals surface area contributed by atoms with Gasteiger partial charge in [-0.1, -0.05) is 13.8 Å². The first kappa shape index (κ1) is 14.0. The minimum atomic E-state index is -0.0892. The molecule has 0 radical (unpaired) electrons. The molecule has 1 saturated carbocycles. The summed E-state index contributed by atoms with van der Waals surface area (Å²) in [4.78, 5) is 24.9. The van der Waals surface area contributed by atoms with Crippen molar-refractivity contribution in [2.24, 2.45) is 5.92 Å². The lowest BCUT2D eigenvalue weighted by Gasteiger charge is -2.21. The van der Waals surface area contributed by atoms with Gasteiger partial charge in [-0.05, 0) is 19.4 Å². The molecule has 0 bridgehead atoms. The zero-order valence-corrected chi connectivity index (χ0v) is 11.0. The van der Waals surface area contributed by atoms with Gasteiger partial charge in [-0.15, -0.1) is 0 Å². The Morgan fingerprint density at radius 1 is 1.41 bits per heavy atom. The second-order valence-corrected chi connectivity index (χ2v) is 4.74. The SMILES string of the molecule is CCNCC(C)C(=O)N(C)CC(=O)NC1CC1. The molecule has 1 aliphatic carbocycles. The summed E-state index contributed by atoms with van der Waals surface area (Å²) in [5.74, 6) is -0.135. The molecule has 0 spiro atoms. The average Bonchev–Trinajstić information content (AvgIpc) is 3.08. The van der Waals surface area contributed by atoms with Crippen LogP contribution in [0.25, 0.3) is 0 Å². The molecule has 1 atom stereocenters. The van der Waals surface area contributed by atoms with Crippen LogP contribution in [0.15, 0.2) is 0 Å². The lowest BCUT2D eigenvalue weighted by molar-refractivity contribution is -0.137. The monoisotopic (exact) mass is 241 g/mol. The number of carbonyl (C=O) groups is 2. The van der Waals surface area contributed by atoms with E-state index in [1.165, 1.54) is 4.90 Å². The highest BCUT2D eigenvalue weighted by atomic mass is 16.2. The highest BCUT2D eigenvalue weighted by Gasteiger charge is 2.25. The minimum absolute atomic E-state index is 0.0110. The second-order valence-electron chi connectivity index (χ2n) is 4.74. The standard InChI is InChI=1S/C12H23N3O2/c1-4-13-7-9(2)12(17)15(3)8-11(16)14-10-5-6-10/h9-10,13H,4-8H2,1-3H3,(H,14,16). The summed E-state index contributed by atoms with van der Waals surface area (Å²) in [6.07, 6.45) is 2.14. The van der Waals surface area contributed by atoms with Crippen LogP contribution in [0.5, 0.6) is 0 Å². The molecule has 5 nitrogen and oxygen atoms in total. The number of hydrogen-bond donors (Lipinski definition) is 2. The van der Waals surface area contributed by atoms with Crippen LogP contribution in [-0.4, -0.2) is 49.4 Å². The van der Waals surface area contributed by atoms with Crippen molar-refractivity contribution in [3.8, 4) is 0 Å². The maximum absolute atomic E-state index is 11.9. The Kier molecular flexibility index (Phi) is 5.41. The highest BCUT2D eigenvalue weighted by Crippen LogP contribution is 2.18. The molecule has 0 aliphatic heterocycles. The zero-order valence-electron chi connectivity index (χ0n) is 11.0. The van der Waals surface area contributed by atoms with Crippen LogP contribution >= 0.6 is 0 Å². The van der Waals surface area contributed by atoms with Gasteiger partial charge >= 0.3 is 0 Å². The Bertz CT molecular complexity index is 277. The molecule has 2 N–H and O–H groups in total. The third-order valence-corrected chi connectivity index (χ3v) is 2.82. The molecule has 98 valence electrons. The molecule has 0 saturated heterocycles. The van der Waals surface area contributed by atoms with Gasteiger partial charge in [0.25, 0.3) is 0 Å². The van der Waals surface area contributed by atoms with Crippen molar-refractivity contribution in [2.45, 2.75) is 32.7 Å². The Labute approximate surface area is 103 Å². The quantitative estimate of drug-likeness (QED) is 0.658. The number of likely N-dealkylation sites (N-methyl/N-ethyl adjacent to an activating group) is 1. The van der Waals surface area contributed by atoms with Crippen LogP contribution < -0.4 is 10.6 Å². The van der Waals surface area contributed by atoms with Crippen LogP contribution in [0.4, 0.5) is 0 Å². The maximum Gasteiger partial charge on any atom is 0.239 e. The van der Waals surface area contributed by atoms with Crippen molar-refractivity contribution in [3.63, 3.8) is 0 Å². The number of hydrogen-bond acceptors (Lipinski definition) is 3. The molecule has 1 rings (SSSR count). The summed E-state index contributed by atoms with van der Waals surface area (Å²) < 4.78 is 0. The molecule has 1 unspecified atom stereocenters. The number of rotatable bonds is 7. The van der Waals surface area contributed by atoms with Gasteiger partial charge in [-0.3, -0.25) is 9.59 Å². The van der Waals surface area contributed by atoms with Crippen molar-refractivity contribution >= 4 is 11.8 Å². The number of nitrogens with zero attached hydrogens (tertiary/aromatic N) is 1. The van der Waals surface area contributed by atoms with Crippen LogP contribution in [-0.2, 0) is 9.59 Å². The number of nitrogens with one attached hydrogen (secondary N) is 2. The summed E-state index contributed by atoms with van der Waals surface area (Å²) >= 11 is 0. The largest absolute Gasteiger partial charge is 0.352 e. The molecular weight excluding hydrogens is 218 g/mol. The second kappa shape index (κ2) is 6.59. The van der Waals surface area contributed by atoms with E-state index < -0.39 is 0 Å². The van der Waals surface area contributed by atoms with Gasteiger partial charge in [0.1, 0.15) is 0 Å². The molecule has 1 fully saturated rings. The molecule has 2 amide bonds. The van der Waals surface area contributed by atoms with Crippen LogP contribution in [0.1, 0.15) is 26.7 Å². The molecule has 1 aliphatic rings. The van der Waals surface area contributed by atoms with Crippen molar-refractivity contribution in [3.05, 3.63) is 0 Å². The van der Waals surface area contributed by atoms with E-state index >= 15 is 0 Å². The van der Waals surface area contributed by atoms with Crippen molar-refractivity contribution < 1.29 is 9.59 Å². The van der Waals surface area contributed by atoms with Crippen molar-refractivity contribution in [2.75, 3.05) is 26.7 Å². The third-order valence-electron chi connectivity index (χ3n) is 2.82.